The molecular formula is C20H23NO4S. The zero-order valence-corrected chi connectivity index (χ0v) is 16.0. The number of amides is 1. The third-order valence-corrected chi connectivity index (χ3v) is 5.23. The Kier molecular flexibility index (Phi) is 7.09. The quantitative estimate of drug-likeness (QED) is 0.758. The summed E-state index contributed by atoms with van der Waals surface area (Å²) in [6.07, 6.45) is -0.948. The van der Waals surface area contributed by atoms with Crippen LogP contribution in [0.2, 0.25) is 0 Å². The fraction of sp³-hybridized carbons (Fsp3) is 0.300. The number of hydrogen-bond acceptors (Lipinski definition) is 4. The standard InChI is InChI=1S/C20H23NO4S/c1-4-26(24)18-8-6-5-7-17(18)20(23)25-15(3)19(22)21-13-16-11-9-14(2)10-12-16/h5-12,15H,4,13H2,1-3H3,(H,21,22)/t15-,26-/m0/s1. The number of rotatable bonds is 7. The van der Waals surface area contributed by atoms with Crippen molar-refractivity contribution in [3.05, 3.63) is 65.2 Å². The predicted molar refractivity (Wildman–Crippen MR) is 101 cm³/mol. The minimum Gasteiger partial charge on any atom is -0.449 e. The third kappa shape index (κ3) is 5.26. The first kappa shape index (κ1) is 19.8. The van der Waals surface area contributed by atoms with Gasteiger partial charge in [-0.05, 0) is 31.5 Å². The molecule has 0 fully saturated rings. The van der Waals surface area contributed by atoms with Crippen LogP contribution in [0.15, 0.2) is 53.4 Å². The monoisotopic (exact) mass is 373 g/mol. The lowest BCUT2D eigenvalue weighted by Crippen LogP contribution is -2.35. The highest BCUT2D eigenvalue weighted by atomic mass is 32.2. The SMILES string of the molecule is CC[S@](=O)c1ccccc1C(=O)O[C@@H](C)C(=O)NCc1ccc(C)cc1. The van der Waals surface area contributed by atoms with Crippen molar-refractivity contribution in [1.82, 2.24) is 5.32 Å². The van der Waals surface area contributed by atoms with Gasteiger partial charge in [-0.25, -0.2) is 4.79 Å². The molecule has 0 radical (unpaired) electrons. The van der Waals surface area contributed by atoms with E-state index in [1.807, 2.05) is 31.2 Å². The highest BCUT2D eigenvalue weighted by molar-refractivity contribution is 7.85. The van der Waals surface area contributed by atoms with E-state index < -0.39 is 22.9 Å². The molecule has 26 heavy (non-hydrogen) atoms. The van der Waals surface area contributed by atoms with Crippen LogP contribution in [-0.2, 0) is 26.9 Å². The molecule has 2 atom stereocenters. The second-order valence-electron chi connectivity index (χ2n) is 5.88. The zero-order valence-electron chi connectivity index (χ0n) is 15.2. The van der Waals surface area contributed by atoms with Crippen LogP contribution in [0, 0.1) is 6.92 Å². The fourth-order valence-corrected chi connectivity index (χ4v) is 3.24. The number of carbonyl (C=O) groups excluding carboxylic acids is 2. The summed E-state index contributed by atoms with van der Waals surface area (Å²) in [4.78, 5) is 25.0. The summed E-state index contributed by atoms with van der Waals surface area (Å²) < 4.78 is 17.3. The maximum absolute atomic E-state index is 12.4. The molecule has 2 aromatic carbocycles. The van der Waals surface area contributed by atoms with E-state index in [4.69, 9.17) is 4.74 Å². The second-order valence-corrected chi connectivity index (χ2v) is 7.59. The van der Waals surface area contributed by atoms with Crippen molar-refractivity contribution in [2.75, 3.05) is 5.75 Å². The minimum atomic E-state index is -1.28. The number of ether oxygens (including phenoxy) is 1. The number of hydrogen-bond donors (Lipinski definition) is 1. The summed E-state index contributed by atoms with van der Waals surface area (Å²) in [5, 5.41) is 2.75. The summed E-state index contributed by atoms with van der Waals surface area (Å²) in [6, 6.07) is 14.4. The second kappa shape index (κ2) is 9.29. The van der Waals surface area contributed by atoms with Crippen molar-refractivity contribution >= 4 is 22.7 Å². The van der Waals surface area contributed by atoms with Crippen LogP contribution in [-0.4, -0.2) is 27.9 Å². The smallest absolute Gasteiger partial charge is 0.340 e. The molecule has 1 N–H and O–H groups in total. The summed E-state index contributed by atoms with van der Waals surface area (Å²) in [6.45, 7) is 5.64. The van der Waals surface area contributed by atoms with Crippen molar-refractivity contribution in [3.8, 4) is 0 Å². The summed E-state index contributed by atoms with van der Waals surface area (Å²) in [5.41, 5.74) is 2.34. The lowest BCUT2D eigenvalue weighted by molar-refractivity contribution is -0.129. The maximum atomic E-state index is 12.4. The van der Waals surface area contributed by atoms with Gasteiger partial charge in [-0.1, -0.05) is 48.9 Å². The molecule has 2 aromatic rings. The van der Waals surface area contributed by atoms with Gasteiger partial charge in [0, 0.05) is 12.3 Å². The van der Waals surface area contributed by atoms with Crippen molar-refractivity contribution < 1.29 is 18.5 Å². The first-order valence-corrected chi connectivity index (χ1v) is 9.76. The molecule has 0 saturated heterocycles. The summed E-state index contributed by atoms with van der Waals surface area (Å²) in [5.74, 6) is -0.634. The Morgan fingerprint density at radius 2 is 1.77 bits per heavy atom. The molecule has 1 amide bonds. The normalized spacial score (nSPS) is 12.9. The Bertz CT molecular complexity index is 802. The molecule has 6 heteroatoms. The number of esters is 1. The van der Waals surface area contributed by atoms with Crippen LogP contribution >= 0.6 is 0 Å². The highest BCUT2D eigenvalue weighted by Crippen LogP contribution is 2.16. The molecule has 0 aliphatic heterocycles. The van der Waals surface area contributed by atoms with Gasteiger partial charge >= 0.3 is 5.97 Å². The van der Waals surface area contributed by atoms with Gasteiger partial charge in [-0.15, -0.1) is 0 Å². The lowest BCUT2D eigenvalue weighted by atomic mass is 10.1. The number of benzene rings is 2. The van der Waals surface area contributed by atoms with E-state index in [1.165, 1.54) is 6.92 Å². The molecule has 2 rings (SSSR count). The Balaban J connectivity index is 1.97. The van der Waals surface area contributed by atoms with Gasteiger partial charge in [0.1, 0.15) is 0 Å². The van der Waals surface area contributed by atoms with E-state index in [1.54, 1.807) is 31.2 Å². The van der Waals surface area contributed by atoms with E-state index in [2.05, 4.69) is 5.32 Å². The van der Waals surface area contributed by atoms with E-state index >= 15 is 0 Å². The highest BCUT2D eigenvalue weighted by Gasteiger charge is 2.21. The van der Waals surface area contributed by atoms with E-state index in [9.17, 15) is 13.8 Å². The fourth-order valence-electron chi connectivity index (χ4n) is 2.31. The largest absolute Gasteiger partial charge is 0.449 e. The van der Waals surface area contributed by atoms with Crippen molar-refractivity contribution in [2.45, 2.75) is 38.3 Å². The lowest BCUT2D eigenvalue weighted by Gasteiger charge is -2.15. The van der Waals surface area contributed by atoms with Gasteiger partial charge in [-0.3, -0.25) is 9.00 Å². The van der Waals surface area contributed by atoms with Crippen molar-refractivity contribution in [1.29, 1.82) is 0 Å². The molecular weight excluding hydrogens is 350 g/mol. The number of aryl methyl sites for hydroxylation is 1. The zero-order chi connectivity index (χ0) is 19.1. The molecule has 0 heterocycles. The van der Waals surface area contributed by atoms with Crippen LogP contribution in [0.3, 0.4) is 0 Å². The molecule has 138 valence electrons. The molecule has 0 aliphatic carbocycles. The van der Waals surface area contributed by atoms with Crippen LogP contribution in [0.4, 0.5) is 0 Å². The maximum Gasteiger partial charge on any atom is 0.340 e. The van der Waals surface area contributed by atoms with Gasteiger partial charge in [0.15, 0.2) is 6.10 Å². The van der Waals surface area contributed by atoms with Gasteiger partial charge in [0.25, 0.3) is 5.91 Å². The number of nitrogens with one attached hydrogen (secondary N) is 1. The van der Waals surface area contributed by atoms with Crippen molar-refractivity contribution in [3.63, 3.8) is 0 Å². The average Bonchev–Trinajstić information content (AvgIpc) is 2.66. The molecule has 0 bridgehead atoms. The Hall–Kier alpha value is -2.47. The molecule has 0 aromatic heterocycles. The van der Waals surface area contributed by atoms with E-state index in [0.29, 0.717) is 17.2 Å². The molecule has 5 nitrogen and oxygen atoms in total. The molecule has 0 unspecified atom stereocenters. The van der Waals surface area contributed by atoms with Gasteiger partial charge in [0.05, 0.1) is 21.3 Å². The van der Waals surface area contributed by atoms with Crippen molar-refractivity contribution in [2.24, 2.45) is 0 Å². The molecule has 0 saturated carbocycles. The van der Waals surface area contributed by atoms with Crippen LogP contribution < -0.4 is 5.32 Å². The Labute approximate surface area is 156 Å². The van der Waals surface area contributed by atoms with E-state index in [0.717, 1.165) is 11.1 Å². The van der Waals surface area contributed by atoms with Crippen LogP contribution in [0.25, 0.3) is 0 Å². The summed E-state index contributed by atoms with van der Waals surface area (Å²) in [7, 11) is -1.28. The van der Waals surface area contributed by atoms with Crippen LogP contribution in [0.5, 0.6) is 0 Å². The van der Waals surface area contributed by atoms with Gasteiger partial charge < -0.3 is 10.1 Å². The minimum absolute atomic E-state index is 0.228. The Morgan fingerprint density at radius 3 is 2.42 bits per heavy atom. The molecule has 0 aliphatic rings. The average molecular weight is 373 g/mol. The number of carbonyl (C=O) groups is 2. The first-order valence-electron chi connectivity index (χ1n) is 8.44. The Morgan fingerprint density at radius 1 is 1.12 bits per heavy atom. The third-order valence-electron chi connectivity index (χ3n) is 3.85. The first-order chi connectivity index (χ1) is 12.4. The van der Waals surface area contributed by atoms with E-state index in [-0.39, 0.29) is 11.5 Å². The van der Waals surface area contributed by atoms with Gasteiger partial charge in [0.2, 0.25) is 0 Å². The topological polar surface area (TPSA) is 72.5 Å². The van der Waals surface area contributed by atoms with Crippen LogP contribution in [0.1, 0.15) is 35.3 Å². The molecule has 0 spiro atoms. The predicted octanol–water partition coefficient (Wildman–Crippen LogP) is 2.98. The van der Waals surface area contributed by atoms with Gasteiger partial charge in [-0.2, -0.15) is 0 Å². The summed E-state index contributed by atoms with van der Waals surface area (Å²) >= 11 is 0.